The van der Waals surface area contributed by atoms with Crippen LogP contribution in [0.15, 0.2) is 11.6 Å². The van der Waals surface area contributed by atoms with E-state index in [1.807, 2.05) is 0 Å². The van der Waals surface area contributed by atoms with E-state index in [2.05, 4.69) is 46.0 Å². The first-order valence-corrected chi connectivity index (χ1v) is 10.3. The molecule has 0 spiro atoms. The summed E-state index contributed by atoms with van der Waals surface area (Å²) in [7, 11) is 0. The van der Waals surface area contributed by atoms with Gasteiger partial charge in [-0.15, -0.1) is 11.6 Å². The normalized spacial score (nSPS) is 46.7. The number of nitrogens with one attached hydrogen (secondary N) is 1. The number of allylic oxidation sites excluding steroid dienone is 2. The van der Waals surface area contributed by atoms with E-state index in [1.54, 1.807) is 0 Å². The van der Waals surface area contributed by atoms with Gasteiger partial charge >= 0.3 is 0 Å². The Labute approximate surface area is 157 Å². The Morgan fingerprint density at radius 1 is 1.16 bits per heavy atom. The maximum absolute atomic E-state index is 11.2. The smallest absolute Gasteiger partial charge is 0.207 e. The van der Waals surface area contributed by atoms with Crippen LogP contribution in [0.5, 0.6) is 0 Å². The lowest BCUT2D eigenvalue weighted by atomic mass is 9.55. The highest BCUT2D eigenvalue weighted by Gasteiger charge is 2.55. The number of carbonyl (C=O) groups is 1. The standard InChI is InChI=1S/C21H34ClNO2/c1-14-6-7-16-15(12-14)17(8-10-20(16,4)23-13-24)21(5)11-9-18(22)19(2,3)25-21/h12-13,15-18H,6-11H2,1-5H3,(H,23,24)/t15-,16+,17-,18-,20-,21+/m1/s1. The number of alkyl halides is 1. The Morgan fingerprint density at radius 3 is 2.52 bits per heavy atom. The summed E-state index contributed by atoms with van der Waals surface area (Å²) in [5, 5.41) is 3.24. The molecule has 3 nitrogen and oxygen atoms in total. The predicted molar refractivity (Wildman–Crippen MR) is 103 cm³/mol. The minimum atomic E-state index is -0.292. The van der Waals surface area contributed by atoms with E-state index in [1.165, 1.54) is 5.57 Å². The molecular formula is C21H34ClNO2. The molecule has 2 aliphatic carbocycles. The second kappa shape index (κ2) is 6.56. The van der Waals surface area contributed by atoms with Crippen molar-refractivity contribution in [2.24, 2.45) is 17.8 Å². The minimum absolute atomic E-state index is 0.0746. The number of carbonyl (C=O) groups excluding carboxylic acids is 1. The van der Waals surface area contributed by atoms with Crippen molar-refractivity contribution in [1.29, 1.82) is 0 Å². The molecule has 4 heteroatoms. The quantitative estimate of drug-likeness (QED) is 0.440. The second-order valence-corrected chi connectivity index (χ2v) is 10.1. The van der Waals surface area contributed by atoms with E-state index in [9.17, 15) is 4.79 Å². The maximum atomic E-state index is 11.2. The van der Waals surface area contributed by atoms with Crippen LogP contribution >= 0.6 is 11.6 Å². The van der Waals surface area contributed by atoms with Crippen LogP contribution in [0.4, 0.5) is 0 Å². The van der Waals surface area contributed by atoms with Gasteiger partial charge in [-0.25, -0.2) is 0 Å². The number of ether oxygens (including phenoxy) is 1. The van der Waals surface area contributed by atoms with Gasteiger partial charge in [0.2, 0.25) is 6.41 Å². The number of amides is 1. The number of rotatable bonds is 3. The van der Waals surface area contributed by atoms with E-state index in [-0.39, 0.29) is 22.1 Å². The van der Waals surface area contributed by atoms with Gasteiger partial charge in [0.1, 0.15) is 0 Å². The summed E-state index contributed by atoms with van der Waals surface area (Å²) < 4.78 is 6.67. The van der Waals surface area contributed by atoms with Crippen LogP contribution in [0.3, 0.4) is 0 Å². The van der Waals surface area contributed by atoms with Crippen LogP contribution in [0.25, 0.3) is 0 Å². The van der Waals surface area contributed by atoms with Gasteiger partial charge in [-0.1, -0.05) is 11.6 Å². The molecule has 1 aliphatic heterocycles. The fourth-order valence-corrected chi connectivity index (χ4v) is 5.99. The van der Waals surface area contributed by atoms with Crippen LogP contribution < -0.4 is 5.32 Å². The van der Waals surface area contributed by atoms with Gasteiger partial charge in [0, 0.05) is 5.54 Å². The fraction of sp³-hybridized carbons (Fsp3) is 0.857. The summed E-state index contributed by atoms with van der Waals surface area (Å²) in [6.07, 6.45) is 9.79. The van der Waals surface area contributed by atoms with Gasteiger partial charge in [-0.3, -0.25) is 4.79 Å². The molecule has 1 saturated carbocycles. The largest absolute Gasteiger partial charge is 0.368 e. The lowest BCUT2D eigenvalue weighted by Crippen LogP contribution is -2.61. The maximum Gasteiger partial charge on any atom is 0.207 e. The third-order valence-corrected chi connectivity index (χ3v) is 8.11. The summed E-state index contributed by atoms with van der Waals surface area (Å²) in [6.45, 7) is 11.0. The lowest BCUT2D eigenvalue weighted by Gasteiger charge is -2.58. The van der Waals surface area contributed by atoms with Crippen LogP contribution in [0, 0.1) is 17.8 Å². The van der Waals surface area contributed by atoms with Crippen molar-refractivity contribution in [1.82, 2.24) is 5.32 Å². The highest BCUT2D eigenvalue weighted by Crippen LogP contribution is 2.54. The Bertz CT molecular complexity index is 560. The first kappa shape index (κ1) is 19.2. The average Bonchev–Trinajstić information content (AvgIpc) is 2.51. The molecule has 0 aromatic carbocycles. The Hall–Kier alpha value is -0.540. The number of halogens is 1. The molecule has 2 fully saturated rings. The zero-order valence-corrected chi connectivity index (χ0v) is 17.2. The van der Waals surface area contributed by atoms with Gasteiger partial charge in [0.05, 0.1) is 16.6 Å². The third kappa shape index (κ3) is 3.39. The molecule has 3 aliphatic rings. The molecule has 0 aromatic rings. The lowest BCUT2D eigenvalue weighted by molar-refractivity contribution is -0.205. The fourth-order valence-electron chi connectivity index (χ4n) is 5.84. The van der Waals surface area contributed by atoms with E-state index in [0.717, 1.165) is 44.9 Å². The summed E-state index contributed by atoms with van der Waals surface area (Å²) in [4.78, 5) is 11.2. The monoisotopic (exact) mass is 367 g/mol. The molecule has 1 amide bonds. The Balaban J connectivity index is 1.92. The number of fused-ring (bicyclic) bond motifs is 1. The number of hydrogen-bond donors (Lipinski definition) is 1. The van der Waals surface area contributed by atoms with E-state index < -0.39 is 0 Å². The summed E-state index contributed by atoms with van der Waals surface area (Å²) >= 11 is 6.54. The van der Waals surface area contributed by atoms with Crippen molar-refractivity contribution in [3.05, 3.63) is 11.6 Å². The topological polar surface area (TPSA) is 38.3 Å². The zero-order chi connectivity index (χ0) is 18.5. The molecule has 25 heavy (non-hydrogen) atoms. The molecule has 1 saturated heterocycles. The average molecular weight is 368 g/mol. The van der Waals surface area contributed by atoms with Gasteiger partial charge < -0.3 is 10.1 Å². The van der Waals surface area contributed by atoms with Crippen molar-refractivity contribution in [2.75, 3.05) is 0 Å². The highest BCUT2D eigenvalue weighted by molar-refractivity contribution is 6.21. The number of hydrogen-bond acceptors (Lipinski definition) is 2. The van der Waals surface area contributed by atoms with Crippen molar-refractivity contribution in [3.63, 3.8) is 0 Å². The molecule has 0 unspecified atom stereocenters. The molecule has 142 valence electrons. The molecule has 0 radical (unpaired) electrons. The van der Waals surface area contributed by atoms with Crippen LogP contribution in [-0.4, -0.2) is 28.5 Å². The highest BCUT2D eigenvalue weighted by atomic mass is 35.5. The van der Waals surface area contributed by atoms with Crippen LogP contribution in [0.2, 0.25) is 0 Å². The predicted octanol–water partition coefficient (Wildman–Crippen LogP) is 4.83. The van der Waals surface area contributed by atoms with Crippen LogP contribution in [-0.2, 0) is 9.53 Å². The molecule has 0 bridgehead atoms. The van der Waals surface area contributed by atoms with Crippen molar-refractivity contribution < 1.29 is 9.53 Å². The molecule has 1 N–H and O–H groups in total. The van der Waals surface area contributed by atoms with Crippen molar-refractivity contribution in [3.8, 4) is 0 Å². The Kier molecular flexibility index (Phi) is 5.05. The first-order valence-electron chi connectivity index (χ1n) is 9.84. The molecule has 1 heterocycles. The summed E-state index contributed by atoms with van der Waals surface area (Å²) in [5.74, 6) is 1.43. The molecular weight excluding hydrogens is 334 g/mol. The third-order valence-electron chi connectivity index (χ3n) is 7.37. The van der Waals surface area contributed by atoms with Gasteiger partial charge in [0.15, 0.2) is 0 Å². The summed E-state index contributed by atoms with van der Waals surface area (Å²) in [6, 6.07) is 0. The van der Waals surface area contributed by atoms with Crippen LogP contribution in [0.1, 0.15) is 73.1 Å². The van der Waals surface area contributed by atoms with Crippen molar-refractivity contribution in [2.45, 2.75) is 95.3 Å². The SMILES string of the molecule is CC1=C[C@H]2[C@H]([C@]3(C)CC[C@@H](Cl)C(C)(C)O3)CC[C@@](C)(NC=O)[C@H]2CC1. The summed E-state index contributed by atoms with van der Waals surface area (Å²) in [5.41, 5.74) is 0.944. The molecule has 0 aromatic heterocycles. The van der Waals surface area contributed by atoms with Gasteiger partial charge in [0.25, 0.3) is 0 Å². The molecule has 3 rings (SSSR count). The Morgan fingerprint density at radius 2 is 1.88 bits per heavy atom. The first-order chi connectivity index (χ1) is 11.6. The minimum Gasteiger partial charge on any atom is -0.368 e. The van der Waals surface area contributed by atoms with E-state index >= 15 is 0 Å². The van der Waals surface area contributed by atoms with E-state index in [0.29, 0.717) is 17.8 Å². The second-order valence-electron chi connectivity index (χ2n) is 9.58. The molecule has 6 atom stereocenters. The van der Waals surface area contributed by atoms with Gasteiger partial charge in [-0.05, 0) is 90.9 Å². The van der Waals surface area contributed by atoms with Gasteiger partial charge in [-0.2, -0.15) is 0 Å². The van der Waals surface area contributed by atoms with E-state index in [4.69, 9.17) is 16.3 Å². The van der Waals surface area contributed by atoms with Crippen molar-refractivity contribution >= 4 is 18.0 Å². The zero-order valence-electron chi connectivity index (χ0n) is 16.4.